The van der Waals surface area contributed by atoms with Crippen molar-refractivity contribution >= 4 is 29.3 Å². The number of hydrogen-bond donors (Lipinski definition) is 2. The van der Waals surface area contributed by atoms with Crippen LogP contribution in [0.3, 0.4) is 0 Å². The van der Waals surface area contributed by atoms with Gasteiger partial charge in [0.2, 0.25) is 11.9 Å². The number of rotatable bonds is 7. The molecule has 0 aliphatic rings. The van der Waals surface area contributed by atoms with Gasteiger partial charge < -0.3 is 16.0 Å². The number of hydrogen-bond acceptors (Lipinski definition) is 5. The standard InChI is InChI=1S/C11H18ClN5O/c1-3-5-14-11-15-6-8(12)10(16-11)17(4-2)7-9(13)18/h6H,3-5,7H2,1-2H3,(H2,13,18)(H,14,15,16). The average molecular weight is 272 g/mol. The number of nitrogens with zero attached hydrogens (tertiary/aromatic N) is 3. The predicted molar refractivity (Wildman–Crippen MR) is 72.9 cm³/mol. The van der Waals surface area contributed by atoms with Crippen LogP contribution in [0.5, 0.6) is 0 Å². The maximum absolute atomic E-state index is 11.0. The third-order valence-electron chi connectivity index (χ3n) is 2.29. The number of primary amides is 1. The lowest BCUT2D eigenvalue weighted by Gasteiger charge is -2.21. The third kappa shape index (κ3) is 4.03. The number of halogens is 1. The second kappa shape index (κ2) is 7.00. The largest absolute Gasteiger partial charge is 0.368 e. The van der Waals surface area contributed by atoms with E-state index in [1.165, 1.54) is 6.20 Å². The molecule has 100 valence electrons. The molecule has 0 fully saturated rings. The molecule has 0 bridgehead atoms. The minimum atomic E-state index is -0.422. The lowest BCUT2D eigenvalue weighted by Crippen LogP contribution is -2.34. The van der Waals surface area contributed by atoms with E-state index in [4.69, 9.17) is 17.3 Å². The molecule has 1 aromatic heterocycles. The first-order chi connectivity index (χ1) is 8.58. The Balaban J connectivity index is 2.93. The molecule has 18 heavy (non-hydrogen) atoms. The maximum atomic E-state index is 11.0. The van der Waals surface area contributed by atoms with Crippen LogP contribution in [0.1, 0.15) is 20.3 Å². The lowest BCUT2D eigenvalue weighted by atomic mass is 10.4. The van der Waals surface area contributed by atoms with E-state index in [0.717, 1.165) is 13.0 Å². The van der Waals surface area contributed by atoms with Crippen molar-refractivity contribution in [1.29, 1.82) is 0 Å². The van der Waals surface area contributed by atoms with Crippen LogP contribution < -0.4 is 16.0 Å². The summed E-state index contributed by atoms with van der Waals surface area (Å²) in [4.78, 5) is 21.1. The topological polar surface area (TPSA) is 84.1 Å². The quantitative estimate of drug-likeness (QED) is 0.780. The molecule has 0 aromatic carbocycles. The van der Waals surface area contributed by atoms with E-state index < -0.39 is 5.91 Å². The maximum Gasteiger partial charge on any atom is 0.236 e. The summed E-state index contributed by atoms with van der Waals surface area (Å²) in [5, 5.41) is 3.47. The molecule has 1 heterocycles. The Morgan fingerprint density at radius 1 is 1.56 bits per heavy atom. The summed E-state index contributed by atoms with van der Waals surface area (Å²) in [6.07, 6.45) is 2.49. The first kappa shape index (κ1) is 14.5. The van der Waals surface area contributed by atoms with Gasteiger partial charge in [0.05, 0.1) is 12.7 Å². The van der Waals surface area contributed by atoms with Crippen LogP contribution in [0.15, 0.2) is 6.20 Å². The minimum Gasteiger partial charge on any atom is -0.368 e. The molecular weight excluding hydrogens is 254 g/mol. The number of aromatic nitrogens is 2. The van der Waals surface area contributed by atoms with Crippen molar-refractivity contribution < 1.29 is 4.79 Å². The molecule has 0 aliphatic carbocycles. The molecule has 6 nitrogen and oxygen atoms in total. The van der Waals surface area contributed by atoms with Gasteiger partial charge in [0.1, 0.15) is 5.02 Å². The highest BCUT2D eigenvalue weighted by atomic mass is 35.5. The SMILES string of the molecule is CCCNc1ncc(Cl)c(N(CC)CC(N)=O)n1. The van der Waals surface area contributed by atoms with E-state index in [1.807, 2.05) is 6.92 Å². The summed E-state index contributed by atoms with van der Waals surface area (Å²) < 4.78 is 0. The van der Waals surface area contributed by atoms with Crippen LogP contribution in [0, 0.1) is 0 Å². The molecule has 1 rings (SSSR count). The Labute approximate surface area is 112 Å². The third-order valence-corrected chi connectivity index (χ3v) is 2.55. The summed E-state index contributed by atoms with van der Waals surface area (Å²) in [6, 6.07) is 0. The van der Waals surface area contributed by atoms with E-state index in [9.17, 15) is 4.79 Å². The van der Waals surface area contributed by atoms with Crippen LogP contribution in [-0.4, -0.2) is 35.5 Å². The fourth-order valence-electron chi connectivity index (χ4n) is 1.43. The van der Waals surface area contributed by atoms with E-state index >= 15 is 0 Å². The second-order valence-electron chi connectivity index (χ2n) is 3.77. The van der Waals surface area contributed by atoms with E-state index in [0.29, 0.717) is 23.3 Å². The van der Waals surface area contributed by atoms with Crippen molar-refractivity contribution in [3.8, 4) is 0 Å². The summed E-state index contributed by atoms with van der Waals surface area (Å²) in [6.45, 7) is 5.41. The first-order valence-corrected chi connectivity index (χ1v) is 6.25. The molecule has 0 aliphatic heterocycles. The molecule has 0 saturated heterocycles. The van der Waals surface area contributed by atoms with Crippen LogP contribution in [0.25, 0.3) is 0 Å². The summed E-state index contributed by atoms with van der Waals surface area (Å²) >= 11 is 6.04. The predicted octanol–water partition coefficient (Wildman–Crippen LogP) is 1.26. The smallest absolute Gasteiger partial charge is 0.236 e. The van der Waals surface area contributed by atoms with Gasteiger partial charge in [-0.1, -0.05) is 18.5 Å². The van der Waals surface area contributed by atoms with E-state index in [2.05, 4.69) is 22.2 Å². The Hall–Kier alpha value is -1.56. The normalized spacial score (nSPS) is 10.2. The fourth-order valence-corrected chi connectivity index (χ4v) is 1.64. The van der Waals surface area contributed by atoms with Crippen molar-refractivity contribution in [2.75, 3.05) is 29.9 Å². The number of amides is 1. The molecule has 0 radical (unpaired) electrons. The van der Waals surface area contributed by atoms with Crippen LogP contribution in [0.2, 0.25) is 5.02 Å². The Kier molecular flexibility index (Phi) is 5.64. The monoisotopic (exact) mass is 271 g/mol. The number of likely N-dealkylation sites (N-methyl/N-ethyl adjacent to an activating group) is 1. The van der Waals surface area contributed by atoms with Gasteiger partial charge >= 0.3 is 0 Å². The zero-order valence-corrected chi connectivity index (χ0v) is 11.4. The molecule has 0 spiro atoms. The summed E-state index contributed by atoms with van der Waals surface area (Å²) in [5.41, 5.74) is 5.19. The van der Waals surface area contributed by atoms with Gasteiger partial charge in [-0.15, -0.1) is 0 Å². The first-order valence-electron chi connectivity index (χ1n) is 5.88. The summed E-state index contributed by atoms with van der Waals surface area (Å²) in [5.74, 6) is 0.598. The lowest BCUT2D eigenvalue weighted by molar-refractivity contribution is -0.116. The number of nitrogens with one attached hydrogen (secondary N) is 1. The number of anilines is 2. The van der Waals surface area contributed by atoms with Crippen molar-refractivity contribution in [3.05, 3.63) is 11.2 Å². The summed E-state index contributed by atoms with van der Waals surface area (Å²) in [7, 11) is 0. The van der Waals surface area contributed by atoms with Gasteiger partial charge in [-0.25, -0.2) is 4.98 Å². The molecule has 0 saturated carbocycles. The zero-order valence-electron chi connectivity index (χ0n) is 10.6. The van der Waals surface area contributed by atoms with Gasteiger partial charge in [0.25, 0.3) is 0 Å². The Morgan fingerprint density at radius 3 is 2.83 bits per heavy atom. The molecule has 1 amide bonds. The van der Waals surface area contributed by atoms with Gasteiger partial charge in [-0.2, -0.15) is 4.98 Å². The highest BCUT2D eigenvalue weighted by Gasteiger charge is 2.14. The van der Waals surface area contributed by atoms with Gasteiger partial charge in [0.15, 0.2) is 5.82 Å². The van der Waals surface area contributed by atoms with Crippen molar-refractivity contribution in [3.63, 3.8) is 0 Å². The Bertz CT molecular complexity index is 412. The minimum absolute atomic E-state index is 0.0838. The highest BCUT2D eigenvalue weighted by molar-refractivity contribution is 6.32. The number of carbonyl (C=O) groups excluding carboxylic acids is 1. The zero-order chi connectivity index (χ0) is 13.5. The van der Waals surface area contributed by atoms with Gasteiger partial charge in [0, 0.05) is 13.1 Å². The van der Waals surface area contributed by atoms with Gasteiger partial charge in [-0.05, 0) is 13.3 Å². The fraction of sp³-hybridized carbons (Fsp3) is 0.545. The second-order valence-corrected chi connectivity index (χ2v) is 4.18. The molecule has 0 unspecified atom stereocenters. The van der Waals surface area contributed by atoms with Gasteiger partial charge in [-0.3, -0.25) is 4.79 Å². The average Bonchev–Trinajstić information content (AvgIpc) is 2.35. The van der Waals surface area contributed by atoms with E-state index in [1.54, 1.807) is 4.90 Å². The van der Waals surface area contributed by atoms with Crippen molar-refractivity contribution in [2.45, 2.75) is 20.3 Å². The van der Waals surface area contributed by atoms with Crippen LogP contribution >= 0.6 is 11.6 Å². The van der Waals surface area contributed by atoms with Crippen LogP contribution in [0.4, 0.5) is 11.8 Å². The molecule has 1 aromatic rings. The highest BCUT2D eigenvalue weighted by Crippen LogP contribution is 2.23. The number of carbonyl (C=O) groups is 1. The molecular formula is C11H18ClN5O. The Morgan fingerprint density at radius 2 is 2.28 bits per heavy atom. The number of nitrogens with two attached hydrogens (primary N) is 1. The van der Waals surface area contributed by atoms with Crippen molar-refractivity contribution in [1.82, 2.24) is 9.97 Å². The molecule has 7 heteroatoms. The van der Waals surface area contributed by atoms with Crippen LogP contribution in [-0.2, 0) is 4.79 Å². The molecule has 0 atom stereocenters. The van der Waals surface area contributed by atoms with Crippen molar-refractivity contribution in [2.24, 2.45) is 5.73 Å². The van der Waals surface area contributed by atoms with E-state index in [-0.39, 0.29) is 6.54 Å². The molecule has 3 N–H and O–H groups in total.